The Morgan fingerprint density at radius 1 is 1.35 bits per heavy atom. The Hall–Kier alpha value is -1.18. The average molecular weight is 293 g/mol. The first-order chi connectivity index (χ1) is 8.06. The SMILES string of the molecule is O=C(O)NCCc1nc2c(Cl)nc(Cl)nc2s1. The van der Waals surface area contributed by atoms with E-state index < -0.39 is 6.09 Å². The molecule has 9 heteroatoms. The fourth-order valence-electron chi connectivity index (χ4n) is 1.19. The Morgan fingerprint density at radius 3 is 2.82 bits per heavy atom. The summed E-state index contributed by atoms with van der Waals surface area (Å²) in [5.41, 5.74) is 0.492. The van der Waals surface area contributed by atoms with Crippen LogP contribution in [0, 0.1) is 0 Å². The molecule has 2 aromatic rings. The molecule has 0 spiro atoms. The van der Waals surface area contributed by atoms with Gasteiger partial charge < -0.3 is 10.4 Å². The standard InChI is InChI=1S/C8H6Cl2N4O2S/c9-5-4-6(14-7(10)13-5)17-3(12-4)1-2-11-8(15)16/h11H,1-2H2,(H,15,16). The van der Waals surface area contributed by atoms with E-state index in [1.54, 1.807) is 0 Å². The molecule has 0 aliphatic heterocycles. The number of nitrogens with zero attached hydrogens (tertiary/aromatic N) is 3. The van der Waals surface area contributed by atoms with E-state index >= 15 is 0 Å². The first-order valence-electron chi connectivity index (χ1n) is 4.51. The number of thiazole rings is 1. The molecule has 6 nitrogen and oxygen atoms in total. The van der Waals surface area contributed by atoms with Crippen molar-refractivity contribution in [1.82, 2.24) is 20.3 Å². The van der Waals surface area contributed by atoms with Gasteiger partial charge in [0.25, 0.3) is 0 Å². The van der Waals surface area contributed by atoms with Crippen LogP contribution < -0.4 is 5.32 Å². The van der Waals surface area contributed by atoms with Crippen LogP contribution in [0.1, 0.15) is 5.01 Å². The van der Waals surface area contributed by atoms with Crippen molar-refractivity contribution < 1.29 is 9.90 Å². The molecule has 1 amide bonds. The van der Waals surface area contributed by atoms with Crippen LogP contribution in [-0.2, 0) is 6.42 Å². The van der Waals surface area contributed by atoms with E-state index in [0.717, 1.165) is 5.01 Å². The number of fused-ring (bicyclic) bond motifs is 1. The van der Waals surface area contributed by atoms with Gasteiger partial charge >= 0.3 is 6.09 Å². The molecule has 0 bridgehead atoms. The Balaban J connectivity index is 2.20. The minimum atomic E-state index is -1.06. The maximum Gasteiger partial charge on any atom is 0.404 e. The molecule has 0 atom stereocenters. The molecule has 0 fully saturated rings. The molecule has 0 radical (unpaired) electrons. The molecule has 2 rings (SSSR count). The van der Waals surface area contributed by atoms with Crippen LogP contribution in [-0.4, -0.2) is 32.7 Å². The predicted molar refractivity (Wildman–Crippen MR) is 65.0 cm³/mol. The van der Waals surface area contributed by atoms with Gasteiger partial charge in [0, 0.05) is 13.0 Å². The summed E-state index contributed by atoms with van der Waals surface area (Å²) in [6.07, 6.45) is -0.589. The molecular formula is C8H6Cl2N4O2S. The number of halogens is 2. The number of rotatable bonds is 3. The largest absolute Gasteiger partial charge is 0.465 e. The summed E-state index contributed by atoms with van der Waals surface area (Å²) in [6.45, 7) is 0.286. The zero-order valence-electron chi connectivity index (χ0n) is 8.28. The first kappa shape index (κ1) is 12.3. The lowest BCUT2D eigenvalue weighted by atomic mass is 10.4. The highest BCUT2D eigenvalue weighted by molar-refractivity contribution is 7.18. The molecular weight excluding hydrogens is 287 g/mol. The van der Waals surface area contributed by atoms with Gasteiger partial charge in [-0.1, -0.05) is 22.9 Å². The van der Waals surface area contributed by atoms with Crippen molar-refractivity contribution in [2.75, 3.05) is 6.54 Å². The quantitative estimate of drug-likeness (QED) is 0.669. The Morgan fingerprint density at radius 2 is 2.12 bits per heavy atom. The maximum absolute atomic E-state index is 10.3. The summed E-state index contributed by atoms with van der Waals surface area (Å²) in [5.74, 6) is 0. The second kappa shape index (κ2) is 4.99. The van der Waals surface area contributed by atoms with Crippen molar-refractivity contribution in [1.29, 1.82) is 0 Å². The minimum Gasteiger partial charge on any atom is -0.465 e. The molecule has 0 saturated carbocycles. The smallest absolute Gasteiger partial charge is 0.404 e. The number of amides is 1. The van der Waals surface area contributed by atoms with Gasteiger partial charge in [0.15, 0.2) is 5.15 Å². The molecule has 0 saturated heterocycles. The number of hydrogen-bond donors (Lipinski definition) is 2. The van der Waals surface area contributed by atoms with Crippen LogP contribution in [0.3, 0.4) is 0 Å². The van der Waals surface area contributed by atoms with E-state index in [1.807, 2.05) is 0 Å². The fraction of sp³-hybridized carbons (Fsp3) is 0.250. The van der Waals surface area contributed by atoms with Gasteiger partial charge in [-0.15, -0.1) is 0 Å². The molecule has 0 aliphatic carbocycles. The lowest BCUT2D eigenvalue weighted by Gasteiger charge is -1.95. The lowest BCUT2D eigenvalue weighted by molar-refractivity contribution is 0.194. The summed E-state index contributed by atoms with van der Waals surface area (Å²) in [7, 11) is 0. The van der Waals surface area contributed by atoms with Crippen molar-refractivity contribution in [3.63, 3.8) is 0 Å². The Bertz CT molecular complexity index is 574. The monoisotopic (exact) mass is 292 g/mol. The van der Waals surface area contributed by atoms with Crippen LogP contribution in [0.25, 0.3) is 10.3 Å². The van der Waals surface area contributed by atoms with E-state index in [4.69, 9.17) is 28.3 Å². The van der Waals surface area contributed by atoms with Crippen LogP contribution in [0.5, 0.6) is 0 Å². The van der Waals surface area contributed by atoms with Gasteiger partial charge in [-0.3, -0.25) is 0 Å². The van der Waals surface area contributed by atoms with E-state index in [1.165, 1.54) is 11.3 Å². The van der Waals surface area contributed by atoms with Gasteiger partial charge in [0.2, 0.25) is 5.28 Å². The van der Waals surface area contributed by atoms with Gasteiger partial charge in [-0.25, -0.2) is 19.7 Å². The first-order valence-corrected chi connectivity index (χ1v) is 6.09. The number of hydrogen-bond acceptors (Lipinski definition) is 5. The molecule has 17 heavy (non-hydrogen) atoms. The summed E-state index contributed by atoms with van der Waals surface area (Å²) in [5, 5.41) is 11.7. The molecule has 2 aromatic heterocycles. The molecule has 0 unspecified atom stereocenters. The summed E-state index contributed by atoms with van der Waals surface area (Å²) in [4.78, 5) is 22.9. The maximum atomic E-state index is 10.3. The Kier molecular flexibility index (Phi) is 3.60. The molecule has 0 aliphatic rings. The third-order valence-electron chi connectivity index (χ3n) is 1.85. The zero-order chi connectivity index (χ0) is 12.4. The molecule has 2 N–H and O–H groups in total. The minimum absolute atomic E-state index is 0.0707. The van der Waals surface area contributed by atoms with Crippen molar-refractivity contribution >= 4 is 51.0 Å². The van der Waals surface area contributed by atoms with Crippen molar-refractivity contribution in [2.24, 2.45) is 0 Å². The van der Waals surface area contributed by atoms with Gasteiger partial charge in [-0.2, -0.15) is 0 Å². The van der Waals surface area contributed by atoms with Crippen LogP contribution >= 0.6 is 34.5 Å². The normalized spacial score (nSPS) is 10.7. The van der Waals surface area contributed by atoms with E-state index in [2.05, 4.69) is 20.3 Å². The van der Waals surface area contributed by atoms with Gasteiger partial charge in [-0.05, 0) is 11.6 Å². The second-order valence-corrected chi connectivity index (χ2v) is 4.78. The average Bonchev–Trinajstić information content (AvgIpc) is 2.60. The van der Waals surface area contributed by atoms with Gasteiger partial charge in [0.05, 0.1) is 5.01 Å². The lowest BCUT2D eigenvalue weighted by Crippen LogP contribution is -2.23. The fourth-order valence-corrected chi connectivity index (χ4v) is 2.66. The highest BCUT2D eigenvalue weighted by atomic mass is 35.5. The van der Waals surface area contributed by atoms with Crippen molar-refractivity contribution in [3.8, 4) is 0 Å². The zero-order valence-corrected chi connectivity index (χ0v) is 10.6. The molecule has 90 valence electrons. The third kappa shape index (κ3) is 2.93. The second-order valence-electron chi connectivity index (χ2n) is 3.03. The van der Waals surface area contributed by atoms with E-state index in [-0.39, 0.29) is 17.0 Å². The van der Waals surface area contributed by atoms with Crippen LogP contribution in [0.15, 0.2) is 0 Å². The van der Waals surface area contributed by atoms with E-state index in [0.29, 0.717) is 16.8 Å². The summed E-state index contributed by atoms with van der Waals surface area (Å²) < 4.78 is 0. The Labute approximate surface area is 110 Å². The topological polar surface area (TPSA) is 88.0 Å². The van der Waals surface area contributed by atoms with E-state index in [9.17, 15) is 4.79 Å². The number of carboxylic acid groups (broad SMARTS) is 1. The molecule has 0 aromatic carbocycles. The number of aromatic nitrogens is 3. The summed E-state index contributed by atoms with van der Waals surface area (Å²) >= 11 is 12.8. The highest BCUT2D eigenvalue weighted by Crippen LogP contribution is 2.26. The third-order valence-corrected chi connectivity index (χ3v) is 3.29. The summed E-state index contributed by atoms with van der Waals surface area (Å²) in [6, 6.07) is 0. The van der Waals surface area contributed by atoms with Crippen LogP contribution in [0.4, 0.5) is 4.79 Å². The highest BCUT2D eigenvalue weighted by Gasteiger charge is 2.11. The molecule has 2 heterocycles. The number of nitrogens with one attached hydrogen (secondary N) is 1. The number of carbonyl (C=O) groups is 1. The van der Waals surface area contributed by atoms with Crippen LogP contribution in [0.2, 0.25) is 10.4 Å². The van der Waals surface area contributed by atoms with Gasteiger partial charge in [0.1, 0.15) is 10.3 Å². The van der Waals surface area contributed by atoms with Crippen molar-refractivity contribution in [3.05, 3.63) is 15.4 Å². The van der Waals surface area contributed by atoms with Crippen molar-refractivity contribution in [2.45, 2.75) is 6.42 Å². The predicted octanol–water partition coefficient (Wildman–Crippen LogP) is 2.20.